The van der Waals surface area contributed by atoms with Gasteiger partial charge in [0.1, 0.15) is 0 Å². The summed E-state index contributed by atoms with van der Waals surface area (Å²) in [5.74, 6) is 0.170. The van der Waals surface area contributed by atoms with Gasteiger partial charge < -0.3 is 10.2 Å². The molecule has 5 nitrogen and oxygen atoms in total. The van der Waals surface area contributed by atoms with Gasteiger partial charge in [-0.2, -0.15) is 0 Å². The van der Waals surface area contributed by atoms with E-state index >= 15 is 0 Å². The predicted molar refractivity (Wildman–Crippen MR) is 97.0 cm³/mol. The van der Waals surface area contributed by atoms with Crippen molar-refractivity contribution in [3.63, 3.8) is 0 Å². The Morgan fingerprint density at radius 1 is 1.42 bits per heavy atom. The van der Waals surface area contributed by atoms with Crippen LogP contribution in [0.5, 0.6) is 0 Å². The first-order chi connectivity index (χ1) is 11.4. The molecular weight excluding hydrogens is 346 g/mol. The lowest BCUT2D eigenvalue weighted by Crippen LogP contribution is -2.27. The topological polar surface area (TPSA) is 62.3 Å². The van der Waals surface area contributed by atoms with Crippen LogP contribution in [0.15, 0.2) is 23.6 Å². The summed E-state index contributed by atoms with van der Waals surface area (Å²) in [5.41, 5.74) is 3.03. The highest BCUT2D eigenvalue weighted by atomic mass is 35.5. The maximum absolute atomic E-state index is 11.9. The molecule has 1 aromatic heterocycles. The van der Waals surface area contributed by atoms with Gasteiger partial charge in [0.05, 0.1) is 5.69 Å². The molecule has 0 radical (unpaired) electrons. The van der Waals surface area contributed by atoms with Crippen molar-refractivity contribution in [2.45, 2.75) is 32.6 Å². The van der Waals surface area contributed by atoms with Crippen LogP contribution in [0.3, 0.4) is 0 Å². The largest absolute Gasteiger partial charge is 0.312 e. The van der Waals surface area contributed by atoms with Crippen molar-refractivity contribution in [3.05, 3.63) is 39.9 Å². The van der Waals surface area contributed by atoms with Crippen molar-refractivity contribution in [1.82, 2.24) is 4.98 Å². The number of carbonyl (C=O) groups is 2. The van der Waals surface area contributed by atoms with Crippen LogP contribution in [-0.4, -0.2) is 23.3 Å². The number of anilines is 2. The molecule has 0 spiro atoms. The summed E-state index contributed by atoms with van der Waals surface area (Å²) in [6, 6.07) is 5.68. The van der Waals surface area contributed by atoms with E-state index in [9.17, 15) is 9.59 Å². The summed E-state index contributed by atoms with van der Waals surface area (Å²) in [7, 11) is 0. The number of benzene rings is 1. The number of aryl methyl sites for hydroxylation is 1. The number of hydrogen-bond donors (Lipinski definition) is 1. The number of thiazole rings is 1. The number of amides is 2. The number of nitrogens with zero attached hydrogens (tertiary/aromatic N) is 2. The van der Waals surface area contributed by atoms with E-state index in [0.29, 0.717) is 16.7 Å². The molecule has 0 aliphatic carbocycles. The van der Waals surface area contributed by atoms with E-state index in [4.69, 9.17) is 11.6 Å². The van der Waals surface area contributed by atoms with Gasteiger partial charge in [-0.25, -0.2) is 4.98 Å². The number of fused-ring (bicyclic) bond motifs is 1. The Labute approximate surface area is 149 Å². The van der Waals surface area contributed by atoms with Gasteiger partial charge in [0.15, 0.2) is 5.13 Å². The van der Waals surface area contributed by atoms with Crippen LogP contribution in [0, 0.1) is 0 Å². The predicted octanol–water partition coefficient (Wildman–Crippen LogP) is 3.84. The SMILES string of the molecule is CC(=O)Nc1nc(CCC2CN(C(C)=O)c3ccc(Cl)cc32)cs1. The summed E-state index contributed by atoms with van der Waals surface area (Å²) in [4.78, 5) is 29.2. The Morgan fingerprint density at radius 2 is 2.21 bits per heavy atom. The first kappa shape index (κ1) is 16.9. The third-order valence-corrected chi connectivity index (χ3v) is 5.13. The third kappa shape index (κ3) is 3.60. The Morgan fingerprint density at radius 3 is 2.92 bits per heavy atom. The van der Waals surface area contributed by atoms with E-state index in [1.165, 1.54) is 18.3 Å². The number of carbonyl (C=O) groups excluding carboxylic acids is 2. The second-order valence-corrected chi connectivity index (χ2v) is 7.19. The average Bonchev–Trinajstić information content (AvgIpc) is 3.08. The van der Waals surface area contributed by atoms with Crippen molar-refractivity contribution in [3.8, 4) is 0 Å². The first-order valence-corrected chi connectivity index (χ1v) is 8.99. The van der Waals surface area contributed by atoms with Crippen LogP contribution in [0.25, 0.3) is 0 Å². The molecule has 24 heavy (non-hydrogen) atoms. The monoisotopic (exact) mass is 363 g/mol. The van der Waals surface area contributed by atoms with Crippen LogP contribution in [0.1, 0.15) is 37.4 Å². The summed E-state index contributed by atoms with van der Waals surface area (Å²) in [6.07, 6.45) is 1.67. The number of rotatable bonds is 4. The highest BCUT2D eigenvalue weighted by Gasteiger charge is 2.30. The van der Waals surface area contributed by atoms with Gasteiger partial charge in [-0.3, -0.25) is 9.59 Å². The molecule has 1 aliphatic heterocycles. The molecule has 0 saturated heterocycles. The number of halogens is 1. The van der Waals surface area contributed by atoms with Gasteiger partial charge in [-0.15, -0.1) is 11.3 Å². The molecule has 0 saturated carbocycles. The zero-order valence-electron chi connectivity index (χ0n) is 13.5. The molecule has 1 atom stereocenters. The minimum Gasteiger partial charge on any atom is -0.312 e. The van der Waals surface area contributed by atoms with Gasteiger partial charge >= 0.3 is 0 Å². The zero-order chi connectivity index (χ0) is 17.3. The summed E-state index contributed by atoms with van der Waals surface area (Å²) in [6.45, 7) is 3.73. The van der Waals surface area contributed by atoms with Gasteiger partial charge in [-0.1, -0.05) is 11.6 Å². The first-order valence-electron chi connectivity index (χ1n) is 7.73. The normalized spacial score (nSPS) is 16.1. The lowest BCUT2D eigenvalue weighted by atomic mass is 9.96. The van der Waals surface area contributed by atoms with E-state index in [2.05, 4.69) is 10.3 Å². The van der Waals surface area contributed by atoms with Gasteiger partial charge in [0, 0.05) is 42.4 Å². The zero-order valence-corrected chi connectivity index (χ0v) is 15.1. The maximum atomic E-state index is 11.9. The van der Waals surface area contributed by atoms with Gasteiger partial charge in [0.2, 0.25) is 11.8 Å². The molecule has 1 aliphatic rings. The standard InChI is InChI=1S/C17H18ClN3O2S/c1-10(22)19-17-20-14(9-24-17)5-3-12-8-21(11(2)23)16-6-4-13(18)7-15(12)16/h4,6-7,9,12H,3,5,8H2,1-2H3,(H,19,20,22). The summed E-state index contributed by atoms with van der Waals surface area (Å²) in [5, 5.41) is 5.97. The van der Waals surface area contributed by atoms with Crippen LogP contribution in [0.4, 0.5) is 10.8 Å². The number of nitrogens with one attached hydrogen (secondary N) is 1. The van der Waals surface area contributed by atoms with Gasteiger partial charge in [0.25, 0.3) is 0 Å². The number of aromatic nitrogens is 1. The van der Waals surface area contributed by atoms with Crippen LogP contribution in [0.2, 0.25) is 5.02 Å². The van der Waals surface area contributed by atoms with Crippen molar-refractivity contribution in [2.75, 3.05) is 16.8 Å². The Bertz CT molecular complexity index is 790. The second kappa shape index (κ2) is 6.91. The van der Waals surface area contributed by atoms with Crippen molar-refractivity contribution >= 4 is 45.6 Å². The molecule has 0 fully saturated rings. The molecule has 3 rings (SSSR count). The fourth-order valence-corrected chi connectivity index (χ4v) is 3.98. The maximum Gasteiger partial charge on any atom is 0.223 e. The molecular formula is C17H18ClN3O2S. The van der Waals surface area contributed by atoms with Crippen LogP contribution in [-0.2, 0) is 16.0 Å². The molecule has 0 bridgehead atoms. The lowest BCUT2D eigenvalue weighted by Gasteiger charge is -2.15. The molecule has 1 aromatic carbocycles. The summed E-state index contributed by atoms with van der Waals surface area (Å²) >= 11 is 7.56. The van der Waals surface area contributed by atoms with Crippen LogP contribution >= 0.6 is 22.9 Å². The molecule has 126 valence electrons. The molecule has 2 heterocycles. The third-order valence-electron chi connectivity index (χ3n) is 4.09. The van der Waals surface area contributed by atoms with E-state index in [1.807, 2.05) is 23.6 Å². The fourth-order valence-electron chi connectivity index (χ4n) is 3.01. The Kier molecular flexibility index (Phi) is 4.87. The molecule has 1 unspecified atom stereocenters. The average molecular weight is 364 g/mol. The van der Waals surface area contributed by atoms with Crippen LogP contribution < -0.4 is 10.2 Å². The molecule has 2 amide bonds. The van der Waals surface area contributed by atoms with Crippen molar-refractivity contribution in [1.29, 1.82) is 0 Å². The highest BCUT2D eigenvalue weighted by molar-refractivity contribution is 7.13. The Hall–Kier alpha value is -1.92. The van der Waals surface area contributed by atoms with Crippen molar-refractivity contribution < 1.29 is 9.59 Å². The van der Waals surface area contributed by atoms with E-state index < -0.39 is 0 Å². The molecule has 2 aromatic rings. The summed E-state index contributed by atoms with van der Waals surface area (Å²) < 4.78 is 0. The smallest absolute Gasteiger partial charge is 0.223 e. The van der Waals surface area contributed by atoms with Crippen molar-refractivity contribution in [2.24, 2.45) is 0 Å². The quantitative estimate of drug-likeness (QED) is 0.897. The fraction of sp³-hybridized carbons (Fsp3) is 0.353. The van der Waals surface area contributed by atoms with E-state index in [0.717, 1.165) is 29.8 Å². The Balaban J connectivity index is 1.72. The molecule has 7 heteroatoms. The second-order valence-electron chi connectivity index (χ2n) is 5.89. The lowest BCUT2D eigenvalue weighted by molar-refractivity contribution is -0.116. The molecule has 1 N–H and O–H groups in total. The van der Waals surface area contributed by atoms with Gasteiger partial charge in [-0.05, 0) is 36.6 Å². The minimum atomic E-state index is -0.118. The number of hydrogen-bond acceptors (Lipinski definition) is 4. The van der Waals surface area contributed by atoms with E-state index in [1.54, 1.807) is 11.8 Å². The highest BCUT2D eigenvalue weighted by Crippen LogP contribution is 2.40. The van der Waals surface area contributed by atoms with E-state index in [-0.39, 0.29) is 17.7 Å². The minimum absolute atomic E-state index is 0.0441.